The van der Waals surface area contributed by atoms with E-state index in [0.717, 1.165) is 17.3 Å². The van der Waals surface area contributed by atoms with Crippen molar-refractivity contribution in [3.63, 3.8) is 0 Å². The molecule has 3 heteroatoms. The van der Waals surface area contributed by atoms with Crippen LogP contribution in [-0.2, 0) is 11.2 Å². The van der Waals surface area contributed by atoms with Crippen molar-refractivity contribution in [2.75, 3.05) is 0 Å². The van der Waals surface area contributed by atoms with E-state index < -0.39 is 0 Å². The van der Waals surface area contributed by atoms with E-state index in [1.54, 1.807) is 0 Å². The number of rotatable bonds is 5. The molecular formula is C14H20BrNO. The van der Waals surface area contributed by atoms with E-state index in [4.69, 9.17) is 0 Å². The summed E-state index contributed by atoms with van der Waals surface area (Å²) in [4.78, 5) is 11.8. The van der Waals surface area contributed by atoms with E-state index in [0.29, 0.717) is 6.42 Å². The van der Waals surface area contributed by atoms with Crippen LogP contribution in [0, 0.1) is 0 Å². The van der Waals surface area contributed by atoms with E-state index >= 15 is 0 Å². The average molecular weight is 298 g/mol. The van der Waals surface area contributed by atoms with E-state index in [9.17, 15) is 4.79 Å². The molecule has 2 nitrogen and oxygen atoms in total. The molecule has 0 atom stereocenters. The van der Waals surface area contributed by atoms with Crippen molar-refractivity contribution in [1.29, 1.82) is 0 Å². The highest BCUT2D eigenvalue weighted by atomic mass is 79.9. The van der Waals surface area contributed by atoms with Crippen LogP contribution in [-0.4, -0.2) is 11.4 Å². The number of carbonyl (C=O) groups excluding carboxylic acids is 1. The maximum absolute atomic E-state index is 11.8. The SMILES string of the molecule is CCC(C)(C)NC(=O)CCc1cccc(Br)c1. The zero-order valence-corrected chi connectivity index (χ0v) is 12.3. The highest BCUT2D eigenvalue weighted by Gasteiger charge is 2.17. The van der Waals surface area contributed by atoms with Crippen LogP contribution in [0.4, 0.5) is 0 Å². The van der Waals surface area contributed by atoms with Crippen LogP contribution in [0.25, 0.3) is 0 Å². The molecule has 0 unspecified atom stereocenters. The van der Waals surface area contributed by atoms with Crippen molar-refractivity contribution in [1.82, 2.24) is 5.32 Å². The molecule has 0 aliphatic carbocycles. The van der Waals surface area contributed by atoms with Crippen molar-refractivity contribution in [2.45, 2.75) is 45.6 Å². The molecule has 0 radical (unpaired) electrons. The van der Waals surface area contributed by atoms with Gasteiger partial charge in [-0.1, -0.05) is 35.0 Å². The molecule has 1 amide bonds. The first-order valence-corrected chi connectivity index (χ1v) is 6.78. The van der Waals surface area contributed by atoms with Gasteiger partial charge in [-0.15, -0.1) is 0 Å². The molecule has 1 N–H and O–H groups in total. The van der Waals surface area contributed by atoms with E-state index in [1.807, 2.05) is 32.0 Å². The molecule has 0 fully saturated rings. The molecule has 94 valence electrons. The van der Waals surface area contributed by atoms with Crippen LogP contribution in [0.2, 0.25) is 0 Å². The standard InChI is InChI=1S/C14H20BrNO/c1-4-14(2,3)16-13(17)9-8-11-6-5-7-12(15)10-11/h5-7,10H,4,8-9H2,1-3H3,(H,16,17). The second-order valence-corrected chi connectivity index (χ2v) is 5.83. The summed E-state index contributed by atoms with van der Waals surface area (Å²) in [6, 6.07) is 8.08. The van der Waals surface area contributed by atoms with Crippen molar-refractivity contribution < 1.29 is 4.79 Å². The number of amides is 1. The minimum Gasteiger partial charge on any atom is -0.351 e. The van der Waals surface area contributed by atoms with Crippen LogP contribution < -0.4 is 5.32 Å². The van der Waals surface area contributed by atoms with Gasteiger partial charge in [-0.25, -0.2) is 0 Å². The largest absolute Gasteiger partial charge is 0.351 e. The fraction of sp³-hybridized carbons (Fsp3) is 0.500. The first-order valence-electron chi connectivity index (χ1n) is 5.98. The third kappa shape index (κ3) is 5.35. The molecule has 0 saturated carbocycles. The molecule has 0 saturated heterocycles. The van der Waals surface area contributed by atoms with Gasteiger partial charge in [-0.3, -0.25) is 4.79 Å². The summed E-state index contributed by atoms with van der Waals surface area (Å²) in [7, 11) is 0. The van der Waals surface area contributed by atoms with Gasteiger partial charge in [0.1, 0.15) is 0 Å². The number of aryl methyl sites for hydroxylation is 1. The van der Waals surface area contributed by atoms with Gasteiger partial charge in [0.25, 0.3) is 0 Å². The Bertz CT molecular complexity index is 388. The second-order valence-electron chi connectivity index (χ2n) is 4.92. The molecule has 0 aliphatic heterocycles. The Morgan fingerprint density at radius 1 is 1.41 bits per heavy atom. The monoisotopic (exact) mass is 297 g/mol. The quantitative estimate of drug-likeness (QED) is 0.882. The van der Waals surface area contributed by atoms with Crippen molar-refractivity contribution in [2.24, 2.45) is 0 Å². The lowest BCUT2D eigenvalue weighted by Crippen LogP contribution is -2.42. The second kappa shape index (κ2) is 6.20. The zero-order valence-electron chi connectivity index (χ0n) is 10.7. The highest BCUT2D eigenvalue weighted by Crippen LogP contribution is 2.13. The predicted molar refractivity (Wildman–Crippen MR) is 75.0 cm³/mol. The summed E-state index contributed by atoms with van der Waals surface area (Å²) in [5, 5.41) is 3.04. The fourth-order valence-electron chi connectivity index (χ4n) is 1.48. The third-order valence-corrected chi connectivity index (χ3v) is 3.38. The maximum atomic E-state index is 11.8. The molecule has 1 rings (SSSR count). The lowest BCUT2D eigenvalue weighted by atomic mass is 10.0. The summed E-state index contributed by atoms with van der Waals surface area (Å²) >= 11 is 3.43. The van der Waals surface area contributed by atoms with Gasteiger partial charge in [0.15, 0.2) is 0 Å². The predicted octanol–water partition coefficient (Wildman–Crippen LogP) is 3.69. The normalized spacial score (nSPS) is 11.3. The van der Waals surface area contributed by atoms with Gasteiger partial charge in [-0.2, -0.15) is 0 Å². The van der Waals surface area contributed by atoms with Gasteiger partial charge in [0.2, 0.25) is 5.91 Å². The number of nitrogens with one attached hydrogen (secondary N) is 1. The minimum absolute atomic E-state index is 0.103. The van der Waals surface area contributed by atoms with Crippen LogP contribution in [0.1, 0.15) is 39.2 Å². The first kappa shape index (κ1) is 14.2. The molecule has 1 aromatic carbocycles. The molecule has 0 heterocycles. The number of benzene rings is 1. The van der Waals surface area contributed by atoms with E-state index in [-0.39, 0.29) is 11.4 Å². The Labute approximate surface area is 112 Å². The summed E-state index contributed by atoms with van der Waals surface area (Å²) in [5.41, 5.74) is 1.08. The highest BCUT2D eigenvalue weighted by molar-refractivity contribution is 9.10. The summed E-state index contributed by atoms with van der Waals surface area (Å²) in [6.07, 6.45) is 2.26. The number of hydrogen-bond donors (Lipinski definition) is 1. The lowest BCUT2D eigenvalue weighted by molar-refractivity contribution is -0.122. The molecule has 0 aliphatic rings. The molecule has 0 bridgehead atoms. The van der Waals surface area contributed by atoms with E-state index in [2.05, 4.69) is 34.2 Å². The average Bonchev–Trinajstić information content (AvgIpc) is 2.26. The van der Waals surface area contributed by atoms with E-state index in [1.165, 1.54) is 5.56 Å². The fourth-order valence-corrected chi connectivity index (χ4v) is 1.93. The van der Waals surface area contributed by atoms with Crippen molar-refractivity contribution in [3.8, 4) is 0 Å². The smallest absolute Gasteiger partial charge is 0.220 e. The number of halogens is 1. The number of carbonyl (C=O) groups is 1. The molecular weight excluding hydrogens is 278 g/mol. The summed E-state index contributed by atoms with van der Waals surface area (Å²) < 4.78 is 1.06. The van der Waals surface area contributed by atoms with Gasteiger partial charge < -0.3 is 5.32 Å². The molecule has 0 spiro atoms. The van der Waals surface area contributed by atoms with Gasteiger partial charge in [0, 0.05) is 16.4 Å². The van der Waals surface area contributed by atoms with Gasteiger partial charge >= 0.3 is 0 Å². The Morgan fingerprint density at radius 3 is 2.71 bits per heavy atom. The minimum atomic E-state index is -0.103. The summed E-state index contributed by atoms with van der Waals surface area (Å²) in [6.45, 7) is 6.17. The summed E-state index contributed by atoms with van der Waals surface area (Å²) in [5.74, 6) is 0.122. The van der Waals surface area contributed by atoms with Crippen molar-refractivity contribution >= 4 is 21.8 Å². The van der Waals surface area contributed by atoms with Crippen LogP contribution in [0.3, 0.4) is 0 Å². The third-order valence-electron chi connectivity index (χ3n) is 2.89. The zero-order chi connectivity index (χ0) is 12.9. The van der Waals surface area contributed by atoms with Crippen LogP contribution in [0.5, 0.6) is 0 Å². The Kier molecular flexibility index (Phi) is 5.19. The Morgan fingerprint density at radius 2 is 2.12 bits per heavy atom. The van der Waals surface area contributed by atoms with Gasteiger partial charge in [-0.05, 0) is 44.4 Å². The Balaban J connectivity index is 2.44. The molecule has 17 heavy (non-hydrogen) atoms. The van der Waals surface area contributed by atoms with Crippen LogP contribution in [0.15, 0.2) is 28.7 Å². The molecule has 0 aromatic heterocycles. The number of hydrogen-bond acceptors (Lipinski definition) is 1. The molecule has 1 aromatic rings. The Hall–Kier alpha value is -0.830. The first-order chi connectivity index (χ1) is 7.93. The maximum Gasteiger partial charge on any atom is 0.220 e. The van der Waals surface area contributed by atoms with Crippen molar-refractivity contribution in [3.05, 3.63) is 34.3 Å². The topological polar surface area (TPSA) is 29.1 Å². The lowest BCUT2D eigenvalue weighted by Gasteiger charge is -2.24. The van der Waals surface area contributed by atoms with Crippen LogP contribution >= 0.6 is 15.9 Å². The van der Waals surface area contributed by atoms with Gasteiger partial charge in [0.05, 0.1) is 0 Å².